The molecule has 0 aliphatic carbocycles. The van der Waals surface area contributed by atoms with E-state index in [0.717, 1.165) is 22.6 Å². The Labute approximate surface area is 604 Å². The molecule has 0 unspecified atom stereocenters. The molecule has 0 aromatic heterocycles. The van der Waals surface area contributed by atoms with Crippen molar-refractivity contribution in [2.75, 3.05) is 31.7 Å². The zero-order valence-electron chi connectivity index (χ0n) is 63.3. The molecule has 524 valence electrons. The summed E-state index contributed by atoms with van der Waals surface area (Å²) in [5.41, 5.74) is 17.3. The van der Waals surface area contributed by atoms with Gasteiger partial charge in [0.15, 0.2) is 0 Å². The van der Waals surface area contributed by atoms with Crippen molar-refractivity contribution in [2.24, 2.45) is 0 Å². The lowest BCUT2D eigenvalue weighted by Crippen LogP contribution is -2.31. The Morgan fingerprint density at radius 2 is 0.446 bits per heavy atom. The predicted molar refractivity (Wildman–Crippen MR) is 419 cm³/mol. The van der Waals surface area contributed by atoms with Gasteiger partial charge in [-0.1, -0.05) is 294 Å². The molecule has 0 aliphatic heterocycles. The number of ether oxygens (including phenoxy) is 4. The largest absolute Gasteiger partial charge is 0.493 e. The van der Waals surface area contributed by atoms with E-state index in [9.17, 15) is 9.59 Å². The van der Waals surface area contributed by atoms with Gasteiger partial charge in [0.05, 0.1) is 42.8 Å². The third-order valence-electron chi connectivity index (χ3n) is 19.8. The average molecular weight is 1350 g/mol. The number of anilines is 1. The molecule has 1 amide bonds. The maximum absolute atomic E-state index is 13.4. The smallest absolute Gasteiger partial charge is 0.338 e. The van der Waals surface area contributed by atoms with Gasteiger partial charge in [-0.15, -0.1) is 0 Å². The minimum atomic E-state index is -0.638. The molecule has 1 N–H and O–H groups in total. The molecule has 0 fully saturated rings. The maximum atomic E-state index is 13.4. The van der Waals surface area contributed by atoms with Crippen molar-refractivity contribution in [1.82, 2.24) is 0 Å². The van der Waals surface area contributed by atoms with E-state index in [4.69, 9.17) is 18.9 Å². The van der Waals surface area contributed by atoms with Gasteiger partial charge in [-0.05, 0) is 183 Å². The summed E-state index contributed by atoms with van der Waals surface area (Å²) in [5, 5.41) is 2.94. The first-order valence-corrected chi connectivity index (χ1v) is 36.1. The van der Waals surface area contributed by atoms with Crippen molar-refractivity contribution in [3.05, 3.63) is 332 Å². The quantitative estimate of drug-likeness (QED) is 0.0414. The van der Waals surface area contributed by atoms with Gasteiger partial charge in [-0.3, -0.25) is 4.79 Å². The van der Waals surface area contributed by atoms with Crippen molar-refractivity contribution in [2.45, 2.75) is 181 Å². The van der Waals surface area contributed by atoms with Gasteiger partial charge in [-0.25, -0.2) is 4.79 Å². The molecule has 0 saturated carbocycles. The van der Waals surface area contributed by atoms with Crippen LogP contribution in [0.4, 0.5) is 5.69 Å². The molecule has 0 saturated heterocycles. The number of rotatable bonds is 22. The standard InChI is InChI=1S/C94H107NO6/c1-87(2,3)67-25-37-73(38-26-67)93(74-39-27-68(28-40-74)88(4,5)6,75-41-29-69(30-42-75)89(7,8)9)79-49-57-83(58-50-79)99-62-19-61-98-82-55-23-65(24-56-82)85(96)95-81-53-21-66(22-54-81)86(97)101-64-20-63-100-84-59-51-80(52-60-84)94(76-43-31-70(32-44-76)90(10,11)12,77-45-33-71(34-46-77)91(13,14)15)78-47-35-72(36-48-78)92(16,17)18/h21-60H,19-20,61-64H2,1-18H3,(H,95,96). The first-order valence-electron chi connectivity index (χ1n) is 36.1. The van der Waals surface area contributed by atoms with Gasteiger partial charge in [0.25, 0.3) is 5.91 Å². The minimum Gasteiger partial charge on any atom is -0.493 e. The van der Waals surface area contributed by atoms with Crippen LogP contribution in [0.1, 0.15) is 236 Å². The Kier molecular flexibility index (Phi) is 22.1. The molecule has 0 heterocycles. The Bertz CT molecular complexity index is 4070. The third kappa shape index (κ3) is 17.3. The lowest BCUT2D eigenvalue weighted by atomic mass is 9.64. The van der Waals surface area contributed by atoms with Gasteiger partial charge in [0.2, 0.25) is 0 Å². The molecule has 0 bridgehead atoms. The topological polar surface area (TPSA) is 83.1 Å². The molecule has 0 spiro atoms. The van der Waals surface area contributed by atoms with Gasteiger partial charge in [0.1, 0.15) is 17.2 Å². The first kappa shape index (κ1) is 74.2. The zero-order chi connectivity index (χ0) is 72.8. The molecule has 7 heteroatoms. The van der Waals surface area contributed by atoms with Crippen LogP contribution >= 0.6 is 0 Å². The van der Waals surface area contributed by atoms with Crippen molar-refractivity contribution in [3.8, 4) is 17.2 Å². The number of carbonyl (C=O) groups excluding carboxylic acids is 2. The van der Waals surface area contributed by atoms with Crippen LogP contribution in [0.15, 0.2) is 243 Å². The van der Waals surface area contributed by atoms with Crippen LogP contribution in [-0.2, 0) is 48.1 Å². The fourth-order valence-corrected chi connectivity index (χ4v) is 13.5. The summed E-state index contributed by atoms with van der Waals surface area (Å²) in [6.07, 6.45) is 1.15. The number of esters is 1. The third-order valence-corrected chi connectivity index (χ3v) is 19.8. The first-order chi connectivity index (χ1) is 47.6. The lowest BCUT2D eigenvalue weighted by Gasteiger charge is -2.38. The highest BCUT2D eigenvalue weighted by atomic mass is 16.5. The zero-order valence-corrected chi connectivity index (χ0v) is 63.3. The summed E-state index contributed by atoms with van der Waals surface area (Å²) in [4.78, 5) is 26.6. The fraction of sp³-hybridized carbons (Fsp3) is 0.340. The summed E-state index contributed by atoms with van der Waals surface area (Å²) in [6, 6.07) is 86.1. The predicted octanol–water partition coefficient (Wildman–Crippen LogP) is 23.0. The van der Waals surface area contributed by atoms with Gasteiger partial charge < -0.3 is 24.3 Å². The second-order valence-corrected chi connectivity index (χ2v) is 33.5. The van der Waals surface area contributed by atoms with E-state index >= 15 is 0 Å². The summed E-state index contributed by atoms with van der Waals surface area (Å²) in [6.45, 7) is 42.1. The second kappa shape index (κ2) is 30.0. The molecule has 0 atom stereocenters. The molecule has 0 aliphatic rings. The molecule has 101 heavy (non-hydrogen) atoms. The van der Waals surface area contributed by atoms with Crippen LogP contribution < -0.4 is 19.5 Å². The Morgan fingerprint density at radius 1 is 0.248 bits per heavy atom. The van der Waals surface area contributed by atoms with Crippen LogP contribution in [-0.4, -0.2) is 38.3 Å². The van der Waals surface area contributed by atoms with Gasteiger partial charge in [-0.2, -0.15) is 0 Å². The Hall–Kier alpha value is -9.46. The van der Waals surface area contributed by atoms with Crippen LogP contribution in [0.25, 0.3) is 0 Å². The lowest BCUT2D eigenvalue weighted by molar-refractivity contribution is 0.0486. The maximum Gasteiger partial charge on any atom is 0.338 e. The van der Waals surface area contributed by atoms with E-state index in [2.05, 4.69) is 324 Å². The number of amides is 1. The highest BCUT2D eigenvalue weighted by Gasteiger charge is 2.41. The Morgan fingerprint density at radius 3 is 0.683 bits per heavy atom. The molecule has 0 radical (unpaired) electrons. The van der Waals surface area contributed by atoms with E-state index in [1.165, 1.54) is 66.8 Å². The number of nitrogens with one attached hydrogen (secondary N) is 1. The van der Waals surface area contributed by atoms with E-state index in [1.54, 1.807) is 48.5 Å². The van der Waals surface area contributed by atoms with Crippen LogP contribution in [0, 0.1) is 0 Å². The Balaban J connectivity index is 0.716. The second-order valence-electron chi connectivity index (χ2n) is 33.5. The van der Waals surface area contributed by atoms with Crippen LogP contribution in [0.2, 0.25) is 0 Å². The number of hydrogen-bond acceptors (Lipinski definition) is 6. The number of benzene rings is 10. The van der Waals surface area contributed by atoms with Gasteiger partial charge in [0, 0.05) is 24.1 Å². The average Bonchev–Trinajstić information content (AvgIpc) is 0.735. The highest BCUT2D eigenvalue weighted by molar-refractivity contribution is 6.04. The summed E-state index contributed by atoms with van der Waals surface area (Å²) < 4.78 is 24.4. The molecular weight excluding hydrogens is 1240 g/mol. The van der Waals surface area contributed by atoms with Crippen LogP contribution in [0.5, 0.6) is 17.2 Å². The van der Waals surface area contributed by atoms with Crippen molar-refractivity contribution in [3.63, 3.8) is 0 Å². The van der Waals surface area contributed by atoms with Gasteiger partial charge >= 0.3 is 5.97 Å². The summed E-state index contributed by atoms with van der Waals surface area (Å²) >= 11 is 0. The van der Waals surface area contributed by atoms with Crippen molar-refractivity contribution in [1.29, 1.82) is 0 Å². The fourth-order valence-electron chi connectivity index (χ4n) is 13.5. The van der Waals surface area contributed by atoms with E-state index in [1.807, 2.05) is 0 Å². The minimum absolute atomic E-state index is 0.00293. The van der Waals surface area contributed by atoms with E-state index in [0.29, 0.717) is 55.2 Å². The summed E-state index contributed by atoms with van der Waals surface area (Å²) in [7, 11) is 0. The summed E-state index contributed by atoms with van der Waals surface area (Å²) in [5.74, 6) is 1.44. The van der Waals surface area contributed by atoms with E-state index < -0.39 is 16.8 Å². The SMILES string of the molecule is CC(C)(C)c1ccc(C(c2ccc(OCCCOC(=O)c3ccc(NC(=O)c4ccc(OCCCOc5ccc(C(c6ccc(C(C)(C)C)cc6)(c6ccc(C(C)(C)C)cc6)c6ccc(C(C)(C)C)cc6)cc5)cc4)cc3)cc2)(c2ccc(C(C)(C)C)cc2)c2ccc(C(C)(C)C)cc2)cc1. The molecule has 10 rings (SSSR count). The van der Waals surface area contributed by atoms with E-state index in [-0.39, 0.29) is 45.0 Å². The molecule has 10 aromatic carbocycles. The van der Waals surface area contributed by atoms with Crippen molar-refractivity contribution < 1.29 is 28.5 Å². The molecular formula is C94H107NO6. The number of carbonyl (C=O) groups is 2. The normalized spacial score (nSPS) is 12.6. The highest BCUT2D eigenvalue weighted by Crippen LogP contribution is 2.49. The number of hydrogen-bond donors (Lipinski definition) is 1. The monoisotopic (exact) mass is 1350 g/mol. The van der Waals surface area contributed by atoms with Crippen LogP contribution in [0.3, 0.4) is 0 Å². The molecule has 7 nitrogen and oxygen atoms in total. The molecule has 10 aromatic rings. The van der Waals surface area contributed by atoms with Crippen molar-refractivity contribution >= 4 is 17.6 Å².